The molecule has 0 aliphatic heterocycles. The molecule has 2 fully saturated rings. The zero-order valence-corrected chi connectivity index (χ0v) is 38.9. The van der Waals surface area contributed by atoms with Gasteiger partial charge in [0, 0.05) is 12.2 Å². The normalized spacial score (nSPS) is 17.5. The molecule has 370 valence electrons. The lowest BCUT2D eigenvalue weighted by molar-refractivity contribution is -0.145. The van der Waals surface area contributed by atoms with Crippen molar-refractivity contribution < 1.29 is 76.6 Å². The van der Waals surface area contributed by atoms with Crippen LogP contribution in [0.3, 0.4) is 0 Å². The first-order valence-corrected chi connectivity index (χ1v) is 23.7. The number of benzene rings is 3. The van der Waals surface area contributed by atoms with E-state index in [1.807, 2.05) is 0 Å². The molecule has 0 atom stereocenters. The molecular weight excluding hydrogens is 893 g/mol. The summed E-state index contributed by atoms with van der Waals surface area (Å²) in [6.45, 7) is 8.49. The third-order valence-corrected chi connectivity index (χ3v) is 11.9. The second kappa shape index (κ2) is 28.4. The Morgan fingerprint density at radius 2 is 0.754 bits per heavy atom. The summed E-state index contributed by atoms with van der Waals surface area (Å²) in [6, 6.07) is 17.3. The van der Waals surface area contributed by atoms with Crippen LogP contribution in [0.4, 0.5) is 0 Å². The Labute approximate surface area is 402 Å². The summed E-state index contributed by atoms with van der Waals surface area (Å²) in [7, 11) is 0. The summed E-state index contributed by atoms with van der Waals surface area (Å²) in [5.41, 5.74) is -0.355. The topological polar surface area (TPSA) is 214 Å². The molecule has 16 nitrogen and oxygen atoms in total. The summed E-state index contributed by atoms with van der Waals surface area (Å²) in [5.74, 6) is -4.30. The molecule has 2 aliphatic carbocycles. The zero-order valence-electron chi connectivity index (χ0n) is 38.9. The van der Waals surface area contributed by atoms with Crippen LogP contribution in [0.5, 0.6) is 34.5 Å². The molecule has 3 aromatic rings. The number of hydrogen-bond acceptors (Lipinski definition) is 15. The Balaban J connectivity index is 0.966. The fourth-order valence-electron chi connectivity index (χ4n) is 7.92. The first-order valence-electron chi connectivity index (χ1n) is 23.7. The highest BCUT2D eigenvalue weighted by Gasteiger charge is 2.34. The summed E-state index contributed by atoms with van der Waals surface area (Å²) in [5, 5.41) is 9.96. The molecule has 0 radical (unpaired) electrons. The molecule has 16 heteroatoms. The van der Waals surface area contributed by atoms with Gasteiger partial charge >= 0.3 is 41.8 Å². The number of carboxylic acid groups (broad SMARTS) is 1. The van der Waals surface area contributed by atoms with Crippen molar-refractivity contribution in [1.29, 1.82) is 0 Å². The summed E-state index contributed by atoms with van der Waals surface area (Å²) >= 11 is 0. The van der Waals surface area contributed by atoms with Crippen LogP contribution in [0.15, 0.2) is 92.0 Å². The highest BCUT2D eigenvalue weighted by molar-refractivity contribution is 5.93. The summed E-state index contributed by atoms with van der Waals surface area (Å²) < 4.78 is 43.8. The Kier molecular flexibility index (Phi) is 21.8. The van der Waals surface area contributed by atoms with Gasteiger partial charge in [-0.05, 0) is 169 Å². The van der Waals surface area contributed by atoms with Crippen LogP contribution in [0.25, 0.3) is 0 Å². The SMILES string of the molecule is C=CC(=O)OCCCCCCOc1ccc(OC(=O)C2CCC(C(=O)Oc3ccc(OC(=O)C4CCC(C(=O)Oc5ccc(OCCCCCCOC(=O)C=C)cc5)CC4)c(C(=O)O)c3)CC2)cc1. The van der Waals surface area contributed by atoms with E-state index < -0.39 is 65.5 Å². The van der Waals surface area contributed by atoms with Crippen molar-refractivity contribution >= 4 is 41.8 Å². The molecule has 3 aromatic carbocycles. The number of unbranched alkanes of at least 4 members (excludes halogenated alkanes) is 6. The second-order valence-corrected chi connectivity index (χ2v) is 17.0. The van der Waals surface area contributed by atoms with Gasteiger partial charge in [-0.25, -0.2) is 14.4 Å². The van der Waals surface area contributed by atoms with Gasteiger partial charge in [0.05, 0.1) is 50.1 Å². The van der Waals surface area contributed by atoms with E-state index in [9.17, 15) is 38.7 Å². The van der Waals surface area contributed by atoms with Crippen molar-refractivity contribution in [2.24, 2.45) is 23.7 Å². The van der Waals surface area contributed by atoms with Crippen molar-refractivity contribution in [2.75, 3.05) is 26.4 Å². The lowest BCUT2D eigenvalue weighted by atomic mass is 9.82. The van der Waals surface area contributed by atoms with E-state index >= 15 is 0 Å². The first-order chi connectivity index (χ1) is 33.4. The maximum Gasteiger partial charge on any atom is 0.339 e. The molecule has 1 N–H and O–H groups in total. The van der Waals surface area contributed by atoms with Crippen molar-refractivity contribution in [3.8, 4) is 34.5 Å². The van der Waals surface area contributed by atoms with Crippen LogP contribution in [-0.2, 0) is 38.2 Å². The molecule has 0 unspecified atom stereocenters. The minimum absolute atomic E-state index is 0.0231. The standard InChI is InChI=1S/C53H62O16/c1-3-47(54)64-33-11-7-5-9-31-62-40-21-25-42(26-22-40)66-50(58)36-13-15-38(16-14-36)52(60)68-44-29-30-46(45(35-44)49(56)57)69-53(61)39-19-17-37(18-20-39)51(59)67-43-27-23-41(24-28-43)63-32-10-6-8-12-34-65-48(55)4-2/h3-4,21-30,35-39H,1-2,5-20,31-34H2,(H,56,57). The maximum atomic E-state index is 13.2. The number of esters is 6. The monoisotopic (exact) mass is 954 g/mol. The van der Waals surface area contributed by atoms with Gasteiger partial charge < -0.3 is 43.0 Å². The van der Waals surface area contributed by atoms with Crippen molar-refractivity contribution in [3.05, 3.63) is 97.6 Å². The molecule has 2 saturated carbocycles. The first kappa shape index (κ1) is 53.0. The molecule has 69 heavy (non-hydrogen) atoms. The van der Waals surface area contributed by atoms with Gasteiger partial charge in [-0.2, -0.15) is 0 Å². The van der Waals surface area contributed by atoms with Gasteiger partial charge in [-0.3, -0.25) is 19.2 Å². The molecule has 0 bridgehead atoms. The number of ether oxygens (including phenoxy) is 8. The predicted octanol–water partition coefficient (Wildman–Crippen LogP) is 9.36. The maximum absolute atomic E-state index is 13.2. The van der Waals surface area contributed by atoms with E-state index in [1.54, 1.807) is 48.5 Å². The molecule has 0 aromatic heterocycles. The van der Waals surface area contributed by atoms with Crippen LogP contribution in [0.1, 0.15) is 113 Å². The Morgan fingerprint density at radius 3 is 1.12 bits per heavy atom. The van der Waals surface area contributed by atoms with E-state index in [2.05, 4.69) is 13.2 Å². The number of hydrogen-bond donors (Lipinski definition) is 1. The molecule has 0 spiro atoms. The molecule has 0 heterocycles. The van der Waals surface area contributed by atoms with Crippen LogP contribution < -0.4 is 28.4 Å². The molecule has 2 aliphatic rings. The van der Waals surface area contributed by atoms with Crippen molar-refractivity contribution in [3.63, 3.8) is 0 Å². The number of aromatic carboxylic acids is 1. The largest absolute Gasteiger partial charge is 0.494 e. The number of carbonyl (C=O) groups excluding carboxylic acids is 6. The number of rotatable bonds is 27. The van der Waals surface area contributed by atoms with Gasteiger partial charge in [0.1, 0.15) is 40.1 Å². The Morgan fingerprint density at radius 1 is 0.435 bits per heavy atom. The van der Waals surface area contributed by atoms with Gasteiger partial charge in [-0.1, -0.05) is 13.2 Å². The van der Waals surface area contributed by atoms with E-state index in [-0.39, 0.29) is 17.1 Å². The molecule has 5 rings (SSSR count). The Hall–Kier alpha value is -6.97. The molecule has 0 saturated heterocycles. The van der Waals surface area contributed by atoms with Crippen LogP contribution in [0.2, 0.25) is 0 Å². The predicted molar refractivity (Wildman–Crippen MR) is 250 cm³/mol. The van der Waals surface area contributed by atoms with Crippen molar-refractivity contribution in [1.82, 2.24) is 0 Å². The second-order valence-electron chi connectivity index (χ2n) is 17.0. The van der Waals surface area contributed by atoms with Crippen LogP contribution >= 0.6 is 0 Å². The fourth-order valence-corrected chi connectivity index (χ4v) is 7.92. The third-order valence-electron chi connectivity index (χ3n) is 11.9. The van der Waals surface area contributed by atoms with Gasteiger partial charge in [0.2, 0.25) is 0 Å². The quantitative estimate of drug-likeness (QED) is 0.0326. The number of carbonyl (C=O) groups is 7. The smallest absolute Gasteiger partial charge is 0.339 e. The average molecular weight is 955 g/mol. The molecular formula is C53H62O16. The lowest BCUT2D eigenvalue weighted by Crippen LogP contribution is -2.31. The average Bonchev–Trinajstić information content (AvgIpc) is 3.36. The summed E-state index contributed by atoms with van der Waals surface area (Å²) in [4.78, 5) is 86.6. The van der Waals surface area contributed by atoms with E-state index in [0.29, 0.717) is 101 Å². The zero-order chi connectivity index (χ0) is 49.4. The van der Waals surface area contributed by atoms with E-state index in [1.165, 1.54) is 12.1 Å². The number of carboxylic acids is 1. The third kappa shape index (κ3) is 18.2. The minimum atomic E-state index is -1.38. The minimum Gasteiger partial charge on any atom is -0.494 e. The van der Waals surface area contributed by atoms with Crippen molar-refractivity contribution in [2.45, 2.75) is 103 Å². The van der Waals surface area contributed by atoms with E-state index in [4.69, 9.17) is 37.9 Å². The van der Waals surface area contributed by atoms with Crippen LogP contribution in [0, 0.1) is 23.7 Å². The van der Waals surface area contributed by atoms with Crippen LogP contribution in [-0.4, -0.2) is 73.3 Å². The highest BCUT2D eigenvalue weighted by Crippen LogP contribution is 2.35. The lowest BCUT2D eigenvalue weighted by Gasteiger charge is -2.26. The van der Waals surface area contributed by atoms with Gasteiger partial charge in [-0.15, -0.1) is 0 Å². The highest BCUT2D eigenvalue weighted by atomic mass is 16.6. The fraction of sp³-hybridized carbons (Fsp3) is 0.453. The summed E-state index contributed by atoms with van der Waals surface area (Å²) in [6.07, 6.45) is 12.2. The molecule has 0 amide bonds. The van der Waals surface area contributed by atoms with E-state index in [0.717, 1.165) is 69.6 Å². The Bertz CT molecular complexity index is 2200. The van der Waals surface area contributed by atoms with Gasteiger partial charge in [0.15, 0.2) is 0 Å². The van der Waals surface area contributed by atoms with Gasteiger partial charge in [0.25, 0.3) is 0 Å².